The second kappa shape index (κ2) is 11.5. The van der Waals surface area contributed by atoms with E-state index in [9.17, 15) is 9.59 Å². The first-order valence-electron chi connectivity index (χ1n) is 11.4. The number of hydrogen-bond acceptors (Lipinski definition) is 3. The summed E-state index contributed by atoms with van der Waals surface area (Å²) in [4.78, 5) is 27.7. The standard InChI is InChI=1S/C26H34N2O3/c1-20-14-16-22(17-15-20)19-28(21(2)26(30)27-23-9-6-7-10-23)25(29)13-8-18-31-24-11-4-3-5-12-24/h3-5,11-12,14-17,21,23H,6-10,13,18-19H2,1-2H3,(H,27,30)/t21-/m1/s1. The maximum absolute atomic E-state index is 13.1. The van der Waals surface area contributed by atoms with Crippen LogP contribution in [0.3, 0.4) is 0 Å². The maximum Gasteiger partial charge on any atom is 0.242 e. The number of carbonyl (C=O) groups excluding carboxylic acids is 2. The lowest BCUT2D eigenvalue weighted by atomic mass is 10.1. The third kappa shape index (κ3) is 7.12. The van der Waals surface area contributed by atoms with E-state index in [-0.39, 0.29) is 17.9 Å². The van der Waals surface area contributed by atoms with Crippen molar-refractivity contribution in [3.05, 3.63) is 65.7 Å². The van der Waals surface area contributed by atoms with E-state index in [4.69, 9.17) is 4.74 Å². The van der Waals surface area contributed by atoms with E-state index in [0.29, 0.717) is 26.0 Å². The molecule has 31 heavy (non-hydrogen) atoms. The van der Waals surface area contributed by atoms with Crippen LogP contribution in [0.5, 0.6) is 5.75 Å². The van der Waals surface area contributed by atoms with E-state index in [1.54, 1.807) is 4.90 Å². The van der Waals surface area contributed by atoms with E-state index in [2.05, 4.69) is 5.32 Å². The van der Waals surface area contributed by atoms with Gasteiger partial charge in [0.15, 0.2) is 0 Å². The van der Waals surface area contributed by atoms with Crippen LogP contribution >= 0.6 is 0 Å². The molecule has 0 spiro atoms. The molecule has 1 N–H and O–H groups in total. The highest BCUT2D eigenvalue weighted by Crippen LogP contribution is 2.19. The Hall–Kier alpha value is -2.82. The summed E-state index contributed by atoms with van der Waals surface area (Å²) in [5.74, 6) is 0.718. The molecule has 166 valence electrons. The molecule has 0 saturated heterocycles. The number of ether oxygens (including phenoxy) is 1. The zero-order valence-corrected chi connectivity index (χ0v) is 18.7. The highest BCUT2D eigenvalue weighted by atomic mass is 16.5. The summed E-state index contributed by atoms with van der Waals surface area (Å²) < 4.78 is 5.71. The molecule has 1 aliphatic carbocycles. The summed E-state index contributed by atoms with van der Waals surface area (Å²) in [7, 11) is 0. The van der Waals surface area contributed by atoms with Gasteiger partial charge in [-0.05, 0) is 50.8 Å². The highest BCUT2D eigenvalue weighted by Gasteiger charge is 2.28. The smallest absolute Gasteiger partial charge is 0.242 e. The van der Waals surface area contributed by atoms with Gasteiger partial charge in [0.25, 0.3) is 0 Å². The fraction of sp³-hybridized carbons (Fsp3) is 0.462. The van der Waals surface area contributed by atoms with Crippen molar-refractivity contribution in [1.29, 1.82) is 0 Å². The Morgan fingerprint density at radius 2 is 1.74 bits per heavy atom. The van der Waals surface area contributed by atoms with Crippen molar-refractivity contribution >= 4 is 11.8 Å². The molecule has 0 unspecified atom stereocenters. The Labute approximate surface area is 185 Å². The molecule has 0 aliphatic heterocycles. The number of nitrogens with zero attached hydrogens (tertiary/aromatic N) is 1. The van der Waals surface area contributed by atoms with Gasteiger partial charge in [-0.1, -0.05) is 60.9 Å². The summed E-state index contributed by atoms with van der Waals surface area (Å²) in [6.07, 6.45) is 5.33. The summed E-state index contributed by atoms with van der Waals surface area (Å²) in [5, 5.41) is 3.14. The van der Waals surface area contributed by atoms with Gasteiger partial charge in [-0.3, -0.25) is 9.59 Å². The first-order valence-corrected chi connectivity index (χ1v) is 11.4. The maximum atomic E-state index is 13.1. The van der Waals surface area contributed by atoms with E-state index >= 15 is 0 Å². The lowest BCUT2D eigenvalue weighted by Crippen LogP contribution is -2.49. The van der Waals surface area contributed by atoms with Crippen molar-refractivity contribution in [3.8, 4) is 5.75 Å². The first kappa shape index (κ1) is 22.9. The molecule has 0 aromatic heterocycles. The minimum atomic E-state index is -0.510. The number of hydrogen-bond donors (Lipinski definition) is 1. The molecule has 2 amide bonds. The molecule has 3 rings (SSSR count). The average molecular weight is 423 g/mol. The number of para-hydroxylation sites is 1. The second-order valence-electron chi connectivity index (χ2n) is 8.44. The molecule has 2 aromatic carbocycles. The molecular weight excluding hydrogens is 388 g/mol. The summed E-state index contributed by atoms with van der Waals surface area (Å²) >= 11 is 0. The van der Waals surface area contributed by atoms with Crippen LogP contribution in [0.1, 0.15) is 56.6 Å². The molecule has 1 atom stereocenters. The predicted molar refractivity (Wildman–Crippen MR) is 123 cm³/mol. The third-order valence-electron chi connectivity index (χ3n) is 5.89. The van der Waals surface area contributed by atoms with E-state index in [1.807, 2.05) is 68.4 Å². The lowest BCUT2D eigenvalue weighted by molar-refractivity contribution is -0.141. The fourth-order valence-corrected chi connectivity index (χ4v) is 3.94. The number of benzene rings is 2. The van der Waals surface area contributed by atoms with Crippen molar-refractivity contribution in [1.82, 2.24) is 10.2 Å². The van der Waals surface area contributed by atoms with E-state index in [0.717, 1.165) is 37.0 Å². The molecule has 1 fully saturated rings. The van der Waals surface area contributed by atoms with Gasteiger partial charge in [0.1, 0.15) is 11.8 Å². The van der Waals surface area contributed by atoms with Gasteiger partial charge in [-0.25, -0.2) is 0 Å². The summed E-state index contributed by atoms with van der Waals surface area (Å²) in [6, 6.07) is 17.5. The van der Waals surface area contributed by atoms with Crippen molar-refractivity contribution in [2.45, 2.75) is 71.0 Å². The van der Waals surface area contributed by atoms with Gasteiger partial charge in [0, 0.05) is 19.0 Å². The SMILES string of the molecule is Cc1ccc(CN(C(=O)CCCOc2ccccc2)[C@H](C)C(=O)NC2CCCC2)cc1. The van der Waals surface area contributed by atoms with Crippen molar-refractivity contribution < 1.29 is 14.3 Å². The number of aryl methyl sites for hydroxylation is 1. The topological polar surface area (TPSA) is 58.6 Å². The zero-order valence-electron chi connectivity index (χ0n) is 18.7. The van der Waals surface area contributed by atoms with Gasteiger partial charge in [-0.15, -0.1) is 0 Å². The van der Waals surface area contributed by atoms with E-state index in [1.165, 1.54) is 5.56 Å². The quantitative estimate of drug-likeness (QED) is 0.568. The number of carbonyl (C=O) groups is 2. The molecule has 1 aliphatic rings. The van der Waals surface area contributed by atoms with Gasteiger partial charge in [0.05, 0.1) is 6.61 Å². The van der Waals surface area contributed by atoms with Crippen LogP contribution in [0.4, 0.5) is 0 Å². The number of rotatable bonds is 10. The summed E-state index contributed by atoms with van der Waals surface area (Å²) in [5.41, 5.74) is 2.20. The Morgan fingerprint density at radius 3 is 2.42 bits per heavy atom. The van der Waals surface area contributed by atoms with Crippen molar-refractivity contribution in [2.24, 2.45) is 0 Å². The van der Waals surface area contributed by atoms with Crippen molar-refractivity contribution in [2.75, 3.05) is 6.61 Å². The van der Waals surface area contributed by atoms with E-state index < -0.39 is 6.04 Å². The van der Waals surface area contributed by atoms with Crippen LogP contribution in [-0.4, -0.2) is 35.4 Å². The molecule has 0 heterocycles. The average Bonchev–Trinajstić information content (AvgIpc) is 3.29. The fourth-order valence-electron chi connectivity index (χ4n) is 3.94. The third-order valence-corrected chi connectivity index (χ3v) is 5.89. The van der Waals surface area contributed by atoms with Crippen LogP contribution < -0.4 is 10.1 Å². The van der Waals surface area contributed by atoms with Gasteiger partial charge >= 0.3 is 0 Å². The van der Waals surface area contributed by atoms with Crippen LogP contribution in [0.2, 0.25) is 0 Å². The molecule has 2 aromatic rings. The molecule has 5 heteroatoms. The van der Waals surface area contributed by atoms with Gasteiger partial charge in [0.2, 0.25) is 11.8 Å². The zero-order chi connectivity index (χ0) is 22.1. The lowest BCUT2D eigenvalue weighted by Gasteiger charge is -2.30. The van der Waals surface area contributed by atoms with Crippen LogP contribution in [0.25, 0.3) is 0 Å². The molecule has 0 bridgehead atoms. The molecule has 0 radical (unpaired) electrons. The first-order chi connectivity index (χ1) is 15.0. The Kier molecular flexibility index (Phi) is 8.51. The Balaban J connectivity index is 1.59. The van der Waals surface area contributed by atoms with Crippen LogP contribution in [0.15, 0.2) is 54.6 Å². The highest BCUT2D eigenvalue weighted by molar-refractivity contribution is 5.87. The van der Waals surface area contributed by atoms with Crippen molar-refractivity contribution in [3.63, 3.8) is 0 Å². The summed E-state index contributed by atoms with van der Waals surface area (Å²) in [6.45, 7) is 4.77. The minimum Gasteiger partial charge on any atom is -0.494 e. The number of nitrogens with one attached hydrogen (secondary N) is 1. The predicted octanol–water partition coefficient (Wildman–Crippen LogP) is 4.63. The largest absolute Gasteiger partial charge is 0.494 e. The normalized spacial score (nSPS) is 14.8. The van der Waals surface area contributed by atoms with Crippen LogP contribution in [0, 0.1) is 6.92 Å². The van der Waals surface area contributed by atoms with Gasteiger partial charge in [-0.2, -0.15) is 0 Å². The monoisotopic (exact) mass is 422 g/mol. The minimum absolute atomic E-state index is 0.0219. The Morgan fingerprint density at radius 1 is 1.06 bits per heavy atom. The molecular formula is C26H34N2O3. The molecule has 5 nitrogen and oxygen atoms in total. The second-order valence-corrected chi connectivity index (χ2v) is 8.44. The number of amides is 2. The van der Waals surface area contributed by atoms with Crippen LogP contribution in [-0.2, 0) is 16.1 Å². The molecule has 1 saturated carbocycles. The van der Waals surface area contributed by atoms with Gasteiger partial charge < -0.3 is 15.0 Å². The Bertz CT molecular complexity index is 829.